The molecule has 0 saturated carbocycles. The lowest BCUT2D eigenvalue weighted by Crippen LogP contribution is -2.45. The van der Waals surface area contributed by atoms with Crippen LogP contribution in [-0.2, 0) is 4.74 Å². The second kappa shape index (κ2) is 6.26. The molecule has 1 fully saturated rings. The topological polar surface area (TPSA) is 88.6 Å². The number of amides is 1. The van der Waals surface area contributed by atoms with Crippen LogP contribution in [0.4, 0.5) is 5.69 Å². The van der Waals surface area contributed by atoms with Crippen molar-refractivity contribution in [2.45, 2.75) is 13.0 Å². The molecule has 1 aromatic carbocycles. The molecule has 106 valence electrons. The van der Waals surface area contributed by atoms with Gasteiger partial charge < -0.3 is 20.1 Å². The molecule has 6 heteroatoms. The molecule has 1 unspecified atom stereocenters. The van der Waals surface area contributed by atoms with Crippen molar-refractivity contribution in [2.75, 3.05) is 32.0 Å². The van der Waals surface area contributed by atoms with Gasteiger partial charge in [0.1, 0.15) is 5.75 Å². The number of nitrogens with zero attached hydrogens (tertiary/aromatic N) is 2. The standard InChI is InChI=1S/C14H17N3O3/c1-2-19-12-6-10(5-11(16)7-12)14(18)17-3-4-20-13(8-15)9-17/h5-7,13H,2-4,9,16H2,1H3. The quantitative estimate of drug-likeness (QED) is 0.832. The first-order chi connectivity index (χ1) is 9.63. The highest BCUT2D eigenvalue weighted by molar-refractivity contribution is 5.95. The highest BCUT2D eigenvalue weighted by atomic mass is 16.5. The maximum Gasteiger partial charge on any atom is 0.254 e. The number of hydrogen-bond donors (Lipinski definition) is 1. The molecular formula is C14H17N3O3. The molecule has 1 amide bonds. The minimum absolute atomic E-state index is 0.165. The van der Waals surface area contributed by atoms with Crippen LogP contribution in [0, 0.1) is 11.3 Å². The maximum atomic E-state index is 12.4. The molecule has 0 radical (unpaired) electrons. The summed E-state index contributed by atoms with van der Waals surface area (Å²) in [5, 5.41) is 8.87. The first-order valence-corrected chi connectivity index (χ1v) is 6.48. The molecule has 1 atom stereocenters. The predicted molar refractivity (Wildman–Crippen MR) is 73.3 cm³/mol. The van der Waals surface area contributed by atoms with E-state index in [2.05, 4.69) is 0 Å². The fraction of sp³-hybridized carbons (Fsp3) is 0.429. The number of nitriles is 1. The lowest BCUT2D eigenvalue weighted by molar-refractivity contribution is 0.00346. The predicted octanol–water partition coefficient (Wildman–Crippen LogP) is 1.03. The molecule has 1 saturated heterocycles. The van der Waals surface area contributed by atoms with Gasteiger partial charge >= 0.3 is 0 Å². The van der Waals surface area contributed by atoms with Crippen molar-refractivity contribution in [3.8, 4) is 11.8 Å². The molecule has 1 aromatic rings. The van der Waals surface area contributed by atoms with Crippen LogP contribution in [0.15, 0.2) is 18.2 Å². The Hall–Kier alpha value is -2.26. The molecule has 1 aliphatic rings. The molecule has 1 aliphatic heterocycles. The smallest absolute Gasteiger partial charge is 0.254 e. The zero-order valence-electron chi connectivity index (χ0n) is 11.3. The van der Waals surface area contributed by atoms with Gasteiger partial charge in [0.05, 0.1) is 25.8 Å². The van der Waals surface area contributed by atoms with Crippen molar-refractivity contribution in [1.29, 1.82) is 5.26 Å². The van der Waals surface area contributed by atoms with E-state index < -0.39 is 6.10 Å². The van der Waals surface area contributed by atoms with Crippen molar-refractivity contribution in [2.24, 2.45) is 0 Å². The molecular weight excluding hydrogens is 258 g/mol. The van der Waals surface area contributed by atoms with E-state index in [9.17, 15) is 4.79 Å². The number of carbonyl (C=O) groups is 1. The Bertz CT molecular complexity index is 539. The Balaban J connectivity index is 2.18. The van der Waals surface area contributed by atoms with E-state index in [1.165, 1.54) is 0 Å². The van der Waals surface area contributed by atoms with Crippen LogP contribution in [0.1, 0.15) is 17.3 Å². The number of hydrogen-bond acceptors (Lipinski definition) is 5. The summed E-state index contributed by atoms with van der Waals surface area (Å²) in [5.74, 6) is 0.405. The summed E-state index contributed by atoms with van der Waals surface area (Å²) < 4.78 is 10.6. The molecule has 2 N–H and O–H groups in total. The van der Waals surface area contributed by atoms with Gasteiger partial charge in [-0.05, 0) is 19.1 Å². The molecule has 0 aliphatic carbocycles. The van der Waals surface area contributed by atoms with Crippen LogP contribution in [0.2, 0.25) is 0 Å². The van der Waals surface area contributed by atoms with E-state index in [1.807, 2.05) is 13.0 Å². The second-order valence-corrected chi connectivity index (χ2v) is 4.46. The number of morpholine rings is 1. The van der Waals surface area contributed by atoms with Gasteiger partial charge in [0.25, 0.3) is 5.91 Å². The Morgan fingerprint density at radius 2 is 2.40 bits per heavy atom. The van der Waals surface area contributed by atoms with Crippen molar-refractivity contribution in [1.82, 2.24) is 4.90 Å². The van der Waals surface area contributed by atoms with Crippen LogP contribution in [-0.4, -0.2) is 43.2 Å². The summed E-state index contributed by atoms with van der Waals surface area (Å²) in [6, 6.07) is 6.97. The molecule has 1 heterocycles. The second-order valence-electron chi connectivity index (χ2n) is 4.46. The SMILES string of the molecule is CCOc1cc(N)cc(C(=O)N2CCOC(C#N)C2)c1. The fourth-order valence-electron chi connectivity index (χ4n) is 2.09. The first-order valence-electron chi connectivity index (χ1n) is 6.48. The molecule has 6 nitrogen and oxygen atoms in total. The van der Waals surface area contributed by atoms with Gasteiger partial charge in [0.15, 0.2) is 6.10 Å². The van der Waals surface area contributed by atoms with Crippen LogP contribution >= 0.6 is 0 Å². The summed E-state index contributed by atoms with van der Waals surface area (Å²) in [7, 11) is 0. The summed E-state index contributed by atoms with van der Waals surface area (Å²) in [5.41, 5.74) is 6.72. The van der Waals surface area contributed by atoms with Gasteiger partial charge in [-0.15, -0.1) is 0 Å². The Morgan fingerprint density at radius 3 is 3.10 bits per heavy atom. The Kier molecular flexibility index (Phi) is 4.43. The number of benzene rings is 1. The van der Waals surface area contributed by atoms with Gasteiger partial charge in [0, 0.05) is 23.9 Å². The van der Waals surface area contributed by atoms with Crippen LogP contribution in [0.3, 0.4) is 0 Å². The van der Waals surface area contributed by atoms with Gasteiger partial charge in [-0.2, -0.15) is 5.26 Å². The lowest BCUT2D eigenvalue weighted by Gasteiger charge is -2.30. The maximum absolute atomic E-state index is 12.4. The van der Waals surface area contributed by atoms with Crippen molar-refractivity contribution >= 4 is 11.6 Å². The Labute approximate surface area is 117 Å². The summed E-state index contributed by atoms with van der Waals surface area (Å²) in [4.78, 5) is 14.0. The third-order valence-corrected chi connectivity index (χ3v) is 2.98. The van der Waals surface area contributed by atoms with Gasteiger partial charge in [-0.3, -0.25) is 4.79 Å². The van der Waals surface area contributed by atoms with Gasteiger partial charge in [-0.25, -0.2) is 0 Å². The minimum Gasteiger partial charge on any atom is -0.494 e. The summed E-state index contributed by atoms with van der Waals surface area (Å²) in [6.45, 7) is 3.48. The molecule has 0 bridgehead atoms. The fourth-order valence-corrected chi connectivity index (χ4v) is 2.09. The molecule has 0 spiro atoms. The lowest BCUT2D eigenvalue weighted by atomic mass is 10.1. The van der Waals surface area contributed by atoms with Crippen molar-refractivity contribution in [3.63, 3.8) is 0 Å². The number of nitrogen functional groups attached to an aromatic ring is 1. The highest BCUT2D eigenvalue weighted by Crippen LogP contribution is 2.21. The largest absolute Gasteiger partial charge is 0.494 e. The number of anilines is 1. The van der Waals surface area contributed by atoms with E-state index in [-0.39, 0.29) is 12.5 Å². The van der Waals surface area contributed by atoms with E-state index >= 15 is 0 Å². The van der Waals surface area contributed by atoms with Crippen molar-refractivity contribution < 1.29 is 14.3 Å². The summed E-state index contributed by atoms with van der Waals surface area (Å²) >= 11 is 0. The van der Waals surface area contributed by atoms with E-state index in [0.29, 0.717) is 36.8 Å². The minimum atomic E-state index is -0.569. The Morgan fingerprint density at radius 1 is 1.60 bits per heavy atom. The van der Waals surface area contributed by atoms with E-state index in [1.54, 1.807) is 23.1 Å². The zero-order valence-corrected chi connectivity index (χ0v) is 11.3. The number of carbonyl (C=O) groups excluding carboxylic acids is 1. The van der Waals surface area contributed by atoms with Crippen LogP contribution in [0.25, 0.3) is 0 Å². The van der Waals surface area contributed by atoms with E-state index in [0.717, 1.165) is 0 Å². The van der Waals surface area contributed by atoms with E-state index in [4.69, 9.17) is 20.5 Å². The van der Waals surface area contributed by atoms with Gasteiger partial charge in [-0.1, -0.05) is 0 Å². The third-order valence-electron chi connectivity index (χ3n) is 2.98. The number of ether oxygens (including phenoxy) is 2. The number of nitrogens with two attached hydrogens (primary N) is 1. The van der Waals surface area contributed by atoms with Gasteiger partial charge in [0.2, 0.25) is 0 Å². The zero-order chi connectivity index (χ0) is 14.5. The molecule has 0 aromatic heterocycles. The number of rotatable bonds is 3. The average molecular weight is 275 g/mol. The normalized spacial score (nSPS) is 18.4. The molecule has 2 rings (SSSR count). The van der Waals surface area contributed by atoms with Crippen LogP contribution < -0.4 is 10.5 Å². The van der Waals surface area contributed by atoms with Crippen LogP contribution in [0.5, 0.6) is 5.75 Å². The first kappa shape index (κ1) is 14.2. The molecule has 20 heavy (non-hydrogen) atoms. The monoisotopic (exact) mass is 275 g/mol. The van der Waals surface area contributed by atoms with Crippen molar-refractivity contribution in [3.05, 3.63) is 23.8 Å². The third kappa shape index (κ3) is 3.19. The average Bonchev–Trinajstić information content (AvgIpc) is 2.46. The summed E-state index contributed by atoms with van der Waals surface area (Å²) in [6.07, 6.45) is -0.569. The highest BCUT2D eigenvalue weighted by Gasteiger charge is 2.25.